The summed E-state index contributed by atoms with van der Waals surface area (Å²) in [5, 5.41) is 0. The second kappa shape index (κ2) is 9.59. The van der Waals surface area contributed by atoms with E-state index in [0.717, 1.165) is 21.6 Å². The van der Waals surface area contributed by atoms with Crippen LogP contribution in [0.15, 0.2) is 48.5 Å². The molecule has 2 aliphatic heterocycles. The SMILES string of the molecule is O=C1N(CC(F)F)CCOc2ccccc2-c2cccc(c2)C[C@H]2[C@@H](NS(=O)(=O)CF)C3(CC3)CN12. The number of nitrogens with one attached hydrogen (secondary N) is 1. The number of amides is 2. The van der Waals surface area contributed by atoms with Crippen molar-refractivity contribution >= 4 is 16.1 Å². The van der Waals surface area contributed by atoms with E-state index < -0.39 is 52.5 Å². The minimum Gasteiger partial charge on any atom is -0.491 e. The second-order valence-corrected chi connectivity index (χ2v) is 11.4. The predicted octanol–water partition coefficient (Wildman–Crippen LogP) is 3.66. The van der Waals surface area contributed by atoms with Gasteiger partial charge >= 0.3 is 6.03 Å². The molecular formula is C25H28F3N3O4S. The Labute approximate surface area is 208 Å². The van der Waals surface area contributed by atoms with Gasteiger partial charge in [-0.3, -0.25) is 0 Å². The Hall–Kier alpha value is -2.79. The van der Waals surface area contributed by atoms with Crippen LogP contribution in [-0.2, 0) is 16.4 Å². The highest BCUT2D eigenvalue weighted by Crippen LogP contribution is 2.55. The third-order valence-corrected chi connectivity index (χ3v) is 8.24. The molecule has 2 heterocycles. The molecule has 194 valence electrons. The van der Waals surface area contributed by atoms with E-state index >= 15 is 0 Å². The van der Waals surface area contributed by atoms with Crippen molar-refractivity contribution in [3.05, 3.63) is 54.1 Å². The van der Waals surface area contributed by atoms with Gasteiger partial charge in [0.05, 0.1) is 19.1 Å². The van der Waals surface area contributed by atoms with E-state index in [9.17, 15) is 26.4 Å². The molecule has 3 aliphatic rings. The Bertz CT molecular complexity index is 1240. The van der Waals surface area contributed by atoms with Crippen molar-refractivity contribution in [1.82, 2.24) is 14.5 Å². The summed E-state index contributed by atoms with van der Waals surface area (Å²) in [6, 6.07) is 11.5. The fourth-order valence-corrected chi connectivity index (χ4v) is 6.31. The second-order valence-electron chi connectivity index (χ2n) is 9.75. The lowest BCUT2D eigenvalue weighted by molar-refractivity contribution is 0.0762. The highest BCUT2D eigenvalue weighted by molar-refractivity contribution is 7.89. The number of benzene rings is 2. The number of hydrogen-bond acceptors (Lipinski definition) is 4. The number of alkyl halides is 3. The summed E-state index contributed by atoms with van der Waals surface area (Å²) in [4.78, 5) is 16.2. The number of nitrogens with zero attached hydrogens (tertiary/aromatic N) is 2. The number of carbonyl (C=O) groups is 1. The number of sulfonamides is 1. The van der Waals surface area contributed by atoms with Gasteiger partial charge in [-0.25, -0.2) is 31.1 Å². The van der Waals surface area contributed by atoms with Gasteiger partial charge in [0.2, 0.25) is 16.0 Å². The number of ether oxygens (including phenoxy) is 1. The molecule has 2 aromatic rings. The molecule has 1 spiro atoms. The summed E-state index contributed by atoms with van der Waals surface area (Å²) in [7, 11) is -4.21. The van der Waals surface area contributed by atoms with E-state index in [0.29, 0.717) is 18.6 Å². The summed E-state index contributed by atoms with van der Waals surface area (Å²) in [6.45, 7) is -0.603. The minimum atomic E-state index is -4.21. The van der Waals surface area contributed by atoms with Gasteiger partial charge in [0.1, 0.15) is 12.4 Å². The number of halogens is 3. The fraction of sp³-hybridized carbons (Fsp3) is 0.480. The molecule has 5 rings (SSSR count). The van der Waals surface area contributed by atoms with Crippen LogP contribution in [0, 0.1) is 5.41 Å². The molecule has 2 bridgehead atoms. The van der Waals surface area contributed by atoms with Crippen molar-refractivity contribution in [3.63, 3.8) is 0 Å². The zero-order chi connectivity index (χ0) is 25.5. The van der Waals surface area contributed by atoms with Crippen molar-refractivity contribution in [2.75, 3.05) is 32.2 Å². The van der Waals surface area contributed by atoms with Gasteiger partial charge in [0.15, 0.2) is 0 Å². The maximum atomic E-state index is 13.6. The molecule has 1 saturated carbocycles. The molecule has 0 aromatic heterocycles. The topological polar surface area (TPSA) is 79.0 Å². The molecule has 2 atom stereocenters. The molecule has 1 N–H and O–H groups in total. The van der Waals surface area contributed by atoms with Crippen LogP contribution in [0.3, 0.4) is 0 Å². The largest absolute Gasteiger partial charge is 0.491 e. The van der Waals surface area contributed by atoms with E-state index in [2.05, 4.69) is 4.72 Å². The Morgan fingerprint density at radius 3 is 2.64 bits per heavy atom. The van der Waals surface area contributed by atoms with Crippen molar-refractivity contribution in [1.29, 1.82) is 0 Å². The number of rotatable bonds is 5. The van der Waals surface area contributed by atoms with E-state index in [4.69, 9.17) is 4.74 Å². The lowest BCUT2D eigenvalue weighted by atomic mass is 9.91. The van der Waals surface area contributed by atoms with Gasteiger partial charge in [-0.05, 0) is 36.5 Å². The van der Waals surface area contributed by atoms with Crippen LogP contribution in [0.5, 0.6) is 5.75 Å². The summed E-state index contributed by atoms with van der Waals surface area (Å²) in [5.41, 5.74) is 2.01. The minimum absolute atomic E-state index is 0.0106. The highest BCUT2D eigenvalue weighted by atomic mass is 32.2. The maximum Gasteiger partial charge on any atom is 0.320 e. The molecule has 11 heteroatoms. The summed E-state index contributed by atoms with van der Waals surface area (Å²) < 4.78 is 73.2. The van der Waals surface area contributed by atoms with Crippen LogP contribution in [0.1, 0.15) is 18.4 Å². The summed E-state index contributed by atoms with van der Waals surface area (Å²) in [5.74, 6) is 0.573. The van der Waals surface area contributed by atoms with Crippen LogP contribution in [0.2, 0.25) is 0 Å². The Morgan fingerprint density at radius 2 is 1.92 bits per heavy atom. The molecular weight excluding hydrogens is 495 g/mol. The predicted molar refractivity (Wildman–Crippen MR) is 128 cm³/mol. The molecule has 0 unspecified atom stereocenters. The molecule has 0 radical (unpaired) electrons. The Morgan fingerprint density at radius 1 is 1.14 bits per heavy atom. The molecule has 36 heavy (non-hydrogen) atoms. The van der Waals surface area contributed by atoms with Crippen molar-refractivity contribution < 1.29 is 31.1 Å². The van der Waals surface area contributed by atoms with Crippen LogP contribution < -0.4 is 9.46 Å². The molecule has 1 saturated heterocycles. The lowest BCUT2D eigenvalue weighted by Crippen LogP contribution is -2.53. The van der Waals surface area contributed by atoms with Crippen molar-refractivity contribution in [3.8, 4) is 16.9 Å². The first-order valence-corrected chi connectivity index (χ1v) is 13.6. The number of hydrogen-bond donors (Lipinski definition) is 1. The highest BCUT2D eigenvalue weighted by Gasteiger charge is 2.61. The van der Waals surface area contributed by atoms with Crippen LogP contribution >= 0.6 is 0 Å². The van der Waals surface area contributed by atoms with Gasteiger partial charge in [-0.1, -0.05) is 42.5 Å². The fourth-order valence-electron chi connectivity index (χ4n) is 5.46. The van der Waals surface area contributed by atoms with Crippen LogP contribution in [-0.4, -0.2) is 75.0 Å². The first kappa shape index (κ1) is 24.9. The van der Waals surface area contributed by atoms with E-state index in [1.165, 1.54) is 4.90 Å². The summed E-state index contributed by atoms with van der Waals surface area (Å²) >= 11 is 0. The Kier molecular flexibility index (Phi) is 6.63. The van der Waals surface area contributed by atoms with Gasteiger partial charge in [-0.2, -0.15) is 0 Å². The number of para-hydroxylation sites is 1. The smallest absolute Gasteiger partial charge is 0.320 e. The zero-order valence-electron chi connectivity index (χ0n) is 19.6. The standard InChI is InChI=1S/C25H28F3N3O4S/c26-16-36(33,34)29-23-20-13-17-4-3-5-18(12-17)19-6-1-2-7-21(19)35-11-10-30(14-22(27)28)24(32)31(20)15-25(23)8-9-25/h1-7,12,20,22-23,29H,8-11,13-16H2/t20-,23+/m0/s1. The first-order valence-electron chi connectivity index (χ1n) is 11.9. The molecule has 7 nitrogen and oxygen atoms in total. The van der Waals surface area contributed by atoms with Gasteiger partial charge < -0.3 is 14.5 Å². The monoisotopic (exact) mass is 523 g/mol. The molecule has 1 aliphatic carbocycles. The third-order valence-electron chi connectivity index (χ3n) is 7.34. The zero-order valence-corrected chi connectivity index (χ0v) is 20.4. The van der Waals surface area contributed by atoms with Crippen LogP contribution in [0.4, 0.5) is 18.0 Å². The van der Waals surface area contributed by atoms with E-state index in [1.807, 2.05) is 42.5 Å². The van der Waals surface area contributed by atoms with E-state index in [1.54, 1.807) is 6.07 Å². The molecule has 2 aromatic carbocycles. The van der Waals surface area contributed by atoms with Crippen molar-refractivity contribution in [2.45, 2.75) is 37.8 Å². The third kappa shape index (κ3) is 4.90. The quantitative estimate of drug-likeness (QED) is 0.649. The number of urea groups is 1. The molecule has 2 fully saturated rings. The first-order chi connectivity index (χ1) is 17.2. The average Bonchev–Trinajstić information content (AvgIpc) is 3.58. The van der Waals surface area contributed by atoms with Gasteiger partial charge in [0.25, 0.3) is 6.43 Å². The van der Waals surface area contributed by atoms with Gasteiger partial charge in [0, 0.05) is 23.6 Å². The molecule has 2 amide bonds. The summed E-state index contributed by atoms with van der Waals surface area (Å²) in [6.07, 6.45) is -1.13. The number of carbonyl (C=O) groups excluding carboxylic acids is 1. The van der Waals surface area contributed by atoms with Crippen LogP contribution in [0.25, 0.3) is 11.1 Å². The normalized spacial score (nSPS) is 23.4. The lowest BCUT2D eigenvalue weighted by Gasteiger charge is -2.33. The average molecular weight is 524 g/mol. The van der Waals surface area contributed by atoms with E-state index in [-0.39, 0.29) is 26.1 Å². The number of fused-ring (bicyclic) bond motifs is 5. The Balaban J connectivity index is 1.59. The van der Waals surface area contributed by atoms with Gasteiger partial charge in [-0.15, -0.1) is 0 Å². The van der Waals surface area contributed by atoms with Crippen molar-refractivity contribution in [2.24, 2.45) is 5.41 Å². The maximum absolute atomic E-state index is 13.6.